The van der Waals surface area contributed by atoms with Crippen molar-refractivity contribution in [2.45, 2.75) is 62.0 Å². The number of ether oxygens (including phenoxy) is 1. The Morgan fingerprint density at radius 1 is 1.08 bits per heavy atom. The number of nitrogens with zero attached hydrogens (tertiary/aromatic N) is 2. The largest absolute Gasteiger partial charge is 0.492 e. The van der Waals surface area contributed by atoms with Gasteiger partial charge >= 0.3 is 0 Å². The fraction of sp³-hybridized carbons (Fsp3) is 0.586. The quantitative estimate of drug-likeness (QED) is 0.596. The number of halogens is 1. The summed E-state index contributed by atoms with van der Waals surface area (Å²) in [5, 5.41) is 10.6. The zero-order chi connectivity index (χ0) is 26.8. The summed E-state index contributed by atoms with van der Waals surface area (Å²) in [5.74, 6) is -0.164. The van der Waals surface area contributed by atoms with Crippen molar-refractivity contribution < 1.29 is 22.7 Å². The fourth-order valence-electron chi connectivity index (χ4n) is 6.44. The lowest BCUT2D eigenvalue weighted by Gasteiger charge is -2.46. The van der Waals surface area contributed by atoms with Crippen molar-refractivity contribution >= 4 is 10.0 Å². The highest BCUT2D eigenvalue weighted by Gasteiger charge is 2.39. The molecule has 38 heavy (non-hydrogen) atoms. The number of benzene rings is 2. The Hall–Kier alpha value is -2.04. The van der Waals surface area contributed by atoms with Crippen LogP contribution in [0.3, 0.4) is 0 Å². The first-order valence-electron chi connectivity index (χ1n) is 13.9. The third-order valence-electron chi connectivity index (χ3n) is 8.54. The highest BCUT2D eigenvalue weighted by Crippen LogP contribution is 2.38. The number of rotatable bonds is 2. The van der Waals surface area contributed by atoms with Crippen molar-refractivity contribution in [3.63, 3.8) is 0 Å². The molecule has 1 saturated carbocycles. The number of nitrogens with one attached hydrogen (secondary N) is 1. The van der Waals surface area contributed by atoms with E-state index in [1.165, 1.54) is 44.2 Å². The van der Waals surface area contributed by atoms with E-state index >= 15 is 0 Å². The number of likely N-dealkylation sites (tertiary alicyclic amines) is 1. The van der Waals surface area contributed by atoms with Gasteiger partial charge in [-0.05, 0) is 69.6 Å². The van der Waals surface area contributed by atoms with Crippen molar-refractivity contribution in [3.05, 3.63) is 48.3 Å². The summed E-state index contributed by atoms with van der Waals surface area (Å²) < 4.78 is 50.0. The zero-order valence-corrected chi connectivity index (χ0v) is 23.1. The first-order chi connectivity index (χ1) is 18.2. The molecule has 2 aliphatic heterocycles. The molecule has 2 fully saturated rings. The minimum atomic E-state index is -3.95. The summed E-state index contributed by atoms with van der Waals surface area (Å²) >= 11 is 0. The molecule has 2 aromatic rings. The molecule has 3 aliphatic rings. The van der Waals surface area contributed by atoms with Crippen LogP contribution < -0.4 is 9.46 Å². The average Bonchev–Trinajstić information content (AvgIpc) is 2.91. The molecule has 1 atom stereocenters. The maximum atomic E-state index is 14.6. The molecule has 5 rings (SSSR count). The second-order valence-electron chi connectivity index (χ2n) is 11.5. The van der Waals surface area contributed by atoms with E-state index in [2.05, 4.69) is 14.5 Å². The predicted octanol–water partition coefficient (Wildman–Crippen LogP) is 3.87. The van der Waals surface area contributed by atoms with Crippen LogP contribution in [-0.4, -0.2) is 81.8 Å². The first-order valence-corrected chi connectivity index (χ1v) is 15.4. The fourth-order valence-corrected chi connectivity index (χ4v) is 7.64. The summed E-state index contributed by atoms with van der Waals surface area (Å²) in [5.41, 5.74) is 0.768. The van der Waals surface area contributed by atoms with E-state index in [1.807, 2.05) is 7.05 Å². The summed E-state index contributed by atoms with van der Waals surface area (Å²) in [7, 11) is -1.97. The van der Waals surface area contributed by atoms with Gasteiger partial charge in [0, 0.05) is 36.7 Å². The number of β-amino-alcohol motifs (C(OH)–C–C–N with tert-alkyl or cyclic N) is 1. The van der Waals surface area contributed by atoms with Crippen LogP contribution >= 0.6 is 0 Å². The highest BCUT2D eigenvalue weighted by atomic mass is 32.2. The van der Waals surface area contributed by atoms with Crippen LogP contribution in [0.1, 0.15) is 44.9 Å². The SMILES string of the molecule is CN1CC(O)CNS(=O)(=O)c2ccc(-c3ccccc3F)cc2OCC2(CCN(C3CCCCC3)CC2)C1. The van der Waals surface area contributed by atoms with Gasteiger partial charge in [-0.1, -0.05) is 43.5 Å². The molecule has 1 saturated heterocycles. The van der Waals surface area contributed by atoms with Gasteiger partial charge in [0.1, 0.15) is 16.5 Å². The molecule has 0 amide bonds. The van der Waals surface area contributed by atoms with Gasteiger partial charge < -0.3 is 19.6 Å². The molecule has 208 valence electrons. The van der Waals surface area contributed by atoms with Crippen LogP contribution in [0, 0.1) is 11.2 Å². The van der Waals surface area contributed by atoms with Crippen LogP contribution in [-0.2, 0) is 10.0 Å². The lowest BCUT2D eigenvalue weighted by atomic mass is 9.77. The number of likely N-dealkylation sites (N-methyl/N-ethyl adjacent to an activating group) is 1. The molecular formula is C29H40FN3O4S. The van der Waals surface area contributed by atoms with Crippen LogP contribution in [0.15, 0.2) is 47.4 Å². The molecule has 9 heteroatoms. The van der Waals surface area contributed by atoms with Crippen LogP contribution in [0.5, 0.6) is 5.75 Å². The summed E-state index contributed by atoms with van der Waals surface area (Å²) in [6.07, 6.45) is 7.53. The van der Waals surface area contributed by atoms with Crippen LogP contribution in [0.25, 0.3) is 11.1 Å². The summed E-state index contributed by atoms with van der Waals surface area (Å²) in [4.78, 5) is 4.73. The van der Waals surface area contributed by atoms with Crippen molar-refractivity contribution in [1.82, 2.24) is 14.5 Å². The van der Waals surface area contributed by atoms with Crippen molar-refractivity contribution in [1.29, 1.82) is 0 Å². The standard InChI is InChI=1S/C29H40FN3O4S/c1-32-19-24(34)18-31-38(35,36)28-12-11-22(25-9-5-6-10-26(25)30)17-27(28)37-21-29(20-32)13-15-33(16-14-29)23-7-3-2-4-8-23/h5-6,9-12,17,23-24,31,34H,2-4,7-8,13-16,18-21H2,1H3. The Bertz CT molecular complexity index is 1210. The van der Waals surface area contributed by atoms with E-state index in [0.29, 0.717) is 30.3 Å². The minimum Gasteiger partial charge on any atom is -0.492 e. The van der Waals surface area contributed by atoms with Gasteiger partial charge in [-0.15, -0.1) is 0 Å². The molecule has 2 heterocycles. The Kier molecular flexibility index (Phi) is 8.40. The molecule has 7 nitrogen and oxygen atoms in total. The van der Waals surface area contributed by atoms with E-state index in [0.717, 1.165) is 32.5 Å². The predicted molar refractivity (Wildman–Crippen MR) is 146 cm³/mol. The van der Waals surface area contributed by atoms with Gasteiger partial charge in [0.05, 0.1) is 12.7 Å². The second-order valence-corrected chi connectivity index (χ2v) is 13.2. The van der Waals surface area contributed by atoms with Gasteiger partial charge in [-0.2, -0.15) is 0 Å². The number of fused-ring (bicyclic) bond motifs is 1. The number of hydrogen-bond donors (Lipinski definition) is 2. The Morgan fingerprint density at radius 3 is 2.55 bits per heavy atom. The Balaban J connectivity index is 1.45. The monoisotopic (exact) mass is 545 g/mol. The van der Waals surface area contributed by atoms with Crippen LogP contribution in [0.2, 0.25) is 0 Å². The molecule has 1 unspecified atom stereocenters. The van der Waals surface area contributed by atoms with E-state index < -0.39 is 16.1 Å². The Morgan fingerprint density at radius 2 is 1.82 bits per heavy atom. The minimum absolute atomic E-state index is 0.00788. The number of hydrogen-bond acceptors (Lipinski definition) is 6. The Labute approximate surface area is 226 Å². The lowest BCUT2D eigenvalue weighted by molar-refractivity contribution is -0.000182. The van der Waals surface area contributed by atoms with Crippen molar-refractivity contribution in [3.8, 4) is 16.9 Å². The maximum absolute atomic E-state index is 14.6. The van der Waals surface area contributed by atoms with Gasteiger partial charge in [0.15, 0.2) is 0 Å². The number of sulfonamides is 1. The highest BCUT2D eigenvalue weighted by molar-refractivity contribution is 7.89. The van der Waals surface area contributed by atoms with Gasteiger partial charge in [0.2, 0.25) is 10.0 Å². The molecule has 1 aliphatic carbocycles. The third kappa shape index (κ3) is 6.23. The number of aliphatic hydroxyl groups is 1. The average molecular weight is 546 g/mol. The maximum Gasteiger partial charge on any atom is 0.244 e. The first kappa shape index (κ1) is 27.5. The van der Waals surface area contributed by atoms with Gasteiger partial charge in [-0.3, -0.25) is 0 Å². The van der Waals surface area contributed by atoms with Gasteiger partial charge in [0.25, 0.3) is 0 Å². The molecule has 2 aromatic carbocycles. The smallest absolute Gasteiger partial charge is 0.244 e. The van der Waals surface area contributed by atoms with Crippen LogP contribution in [0.4, 0.5) is 4.39 Å². The normalized spacial score (nSPS) is 25.6. The van der Waals surface area contributed by atoms with E-state index in [9.17, 15) is 17.9 Å². The number of piperidine rings is 1. The molecule has 2 N–H and O–H groups in total. The summed E-state index contributed by atoms with van der Waals surface area (Å²) in [6.45, 7) is 3.37. The zero-order valence-electron chi connectivity index (χ0n) is 22.2. The molecule has 0 radical (unpaired) electrons. The van der Waals surface area contributed by atoms with Crippen molar-refractivity contribution in [2.75, 3.05) is 46.4 Å². The van der Waals surface area contributed by atoms with E-state index in [-0.39, 0.29) is 28.4 Å². The van der Waals surface area contributed by atoms with Crippen molar-refractivity contribution in [2.24, 2.45) is 5.41 Å². The van der Waals surface area contributed by atoms with E-state index in [1.54, 1.807) is 30.3 Å². The van der Waals surface area contributed by atoms with Gasteiger partial charge in [-0.25, -0.2) is 17.5 Å². The number of aliphatic hydroxyl groups excluding tert-OH is 1. The lowest BCUT2D eigenvalue weighted by Crippen LogP contribution is -2.52. The molecule has 0 aromatic heterocycles. The summed E-state index contributed by atoms with van der Waals surface area (Å²) in [6, 6.07) is 11.8. The molecular weight excluding hydrogens is 505 g/mol. The molecule has 1 spiro atoms. The molecule has 0 bridgehead atoms. The topological polar surface area (TPSA) is 82.1 Å². The second kappa shape index (κ2) is 11.6. The third-order valence-corrected chi connectivity index (χ3v) is 10.0. The van der Waals surface area contributed by atoms with E-state index in [4.69, 9.17) is 4.74 Å².